The molecule has 36 nitrogen and oxygen atoms in total. The van der Waals surface area contributed by atoms with E-state index in [1.807, 2.05) is 18.2 Å². The molecule has 0 saturated heterocycles. The van der Waals surface area contributed by atoms with Crippen LogP contribution in [0.1, 0.15) is 51.8 Å². The summed E-state index contributed by atoms with van der Waals surface area (Å²) >= 11 is 106. The normalized spacial score (nSPS) is 10.1. The van der Waals surface area contributed by atoms with E-state index >= 15 is 0 Å². The molecule has 0 aliphatic carbocycles. The van der Waals surface area contributed by atoms with E-state index in [2.05, 4.69) is 259 Å². The number of nitrogens with two attached hydrogens (primary N) is 1. The molecule has 0 aliphatic heterocycles. The first kappa shape index (κ1) is 134. The molecule has 61 heteroatoms. The fourth-order valence-corrected chi connectivity index (χ4v) is 17.8. The molecule has 0 spiro atoms. The number of anilines is 10. The number of carboxylic acid groups (broad SMARTS) is 1. The van der Waals surface area contributed by atoms with E-state index in [4.69, 9.17) is 178 Å². The van der Waals surface area contributed by atoms with Gasteiger partial charge in [-0.2, -0.15) is 0 Å². The van der Waals surface area contributed by atoms with Crippen molar-refractivity contribution in [1.29, 1.82) is 0 Å². The van der Waals surface area contributed by atoms with Crippen LogP contribution in [0.5, 0.6) is 0 Å². The number of imidazole rings is 5. The SMILES string of the molecule is C=COCCON.C=COCCONC(=O)c1cn2c(Br)cnc2c(Cl)c1Nc1ccc(Br)cc1Cl.CO.CO.COC(=O)c1cn2c(Br)cnc2c(Cl)c1Nc1ccc(Br)cc1Cl.COC(=O)c1cn2ccnc2c(Cl)c1Nc1ccc(Br)cc1Cl.Cl.ClCCl.O=C(NOCCO)c1cn2c(Br)cnc2c(Cl)c1Nc1ccc(Br)cc1Cl.O=C(O)c1cn2c(Br)cnc2c(Cl)c1Nc1ccc(Br)cc1Cl.[B]=NS.[Na+].[OH-]. The van der Waals surface area contributed by atoms with E-state index in [0.717, 1.165) is 36.6 Å². The maximum atomic E-state index is 12.8. The van der Waals surface area contributed by atoms with Gasteiger partial charge in [-0.1, -0.05) is 209 Å². The Balaban J connectivity index is 0.000000449. The fourth-order valence-electron chi connectivity index (χ4n) is 11.2. The Labute approximate surface area is 1000 Å². The van der Waals surface area contributed by atoms with Crippen LogP contribution in [0.15, 0.2) is 230 Å². The van der Waals surface area contributed by atoms with Crippen molar-refractivity contribution < 1.29 is 113 Å². The van der Waals surface area contributed by atoms with Crippen molar-refractivity contribution >= 4 is 430 Å². The number of carbonyl (C=O) groups is 5. The number of aliphatic hydroxyl groups is 3. The molecule has 2 amide bonds. The van der Waals surface area contributed by atoms with Crippen LogP contribution in [0.4, 0.5) is 56.9 Å². The maximum Gasteiger partial charge on any atom is 1.00 e. The average Bonchev–Trinajstić information content (AvgIpc) is 1.59. The first-order valence-electron chi connectivity index (χ1n) is 38.7. The molecule has 0 bridgehead atoms. The van der Waals surface area contributed by atoms with Crippen molar-refractivity contribution in [3.8, 4) is 0 Å². The second-order valence-corrected chi connectivity index (χ2v) is 38.7. The number of alkyl halides is 2. The minimum Gasteiger partial charge on any atom is -0.870 e. The van der Waals surface area contributed by atoms with E-state index in [-0.39, 0.29) is 133 Å². The van der Waals surface area contributed by atoms with Gasteiger partial charge in [0.15, 0.2) is 28.2 Å². The van der Waals surface area contributed by atoms with Crippen molar-refractivity contribution in [3.05, 3.63) is 304 Å². The molecule has 10 aromatic heterocycles. The van der Waals surface area contributed by atoms with Crippen LogP contribution in [-0.4, -0.2) is 184 Å². The molecule has 15 aromatic rings. The number of amides is 2. The van der Waals surface area contributed by atoms with Gasteiger partial charge in [0.1, 0.15) is 86.6 Å². The maximum absolute atomic E-state index is 12.8. The number of aliphatic hydroxyl groups excluding tert-OH is 3. The quantitative estimate of drug-likeness (QED) is 0.00432. The number of hydrogen-bond acceptors (Lipinski definition) is 29. The van der Waals surface area contributed by atoms with Gasteiger partial charge in [0.25, 0.3) is 11.8 Å². The van der Waals surface area contributed by atoms with Gasteiger partial charge in [-0.25, -0.2) is 56.2 Å². The molecule has 1 radical (unpaired) electrons. The van der Waals surface area contributed by atoms with E-state index in [1.54, 1.807) is 157 Å². The molecular formula is C85H74BBr9Cl13N19NaO17S. The Morgan fingerprint density at radius 1 is 0.445 bits per heavy atom. The predicted octanol–water partition coefficient (Wildman–Crippen LogP) is 24.6. The summed E-state index contributed by atoms with van der Waals surface area (Å²) in [5, 5.41) is 51.4. The predicted molar refractivity (Wildman–Crippen MR) is 609 cm³/mol. The fraction of sp³-hybridized carbons (Fsp3) is 0.129. The van der Waals surface area contributed by atoms with Crippen LogP contribution in [0.2, 0.25) is 50.2 Å². The molecular weight excluding hydrogens is 2800 g/mol. The number of fused-ring (bicyclic) bond motifs is 5. The number of hydroxylamine groups is 2. The zero-order chi connectivity index (χ0) is 106. The first-order chi connectivity index (χ1) is 68.4. The van der Waals surface area contributed by atoms with Gasteiger partial charge in [-0.15, -0.1) is 35.6 Å². The number of methoxy groups -OCH3 is 2. The summed E-state index contributed by atoms with van der Waals surface area (Å²) in [5.41, 5.74) is 12.5. The topological polar surface area (TPSA) is 470 Å². The van der Waals surface area contributed by atoms with E-state index < -0.39 is 29.7 Å². The zero-order valence-corrected chi connectivity index (χ0v) is 102. The number of ether oxygens (including phenoxy) is 4. The summed E-state index contributed by atoms with van der Waals surface area (Å²) in [6, 6.07) is 26.5. The third-order valence-electron chi connectivity index (χ3n) is 17.3. The zero-order valence-electron chi connectivity index (χ0n) is 75.0. The number of aromatic carboxylic acids is 1. The van der Waals surface area contributed by atoms with Crippen molar-refractivity contribution in [2.45, 2.75) is 0 Å². The van der Waals surface area contributed by atoms with E-state index in [9.17, 15) is 29.1 Å². The average molecular weight is 2880 g/mol. The Kier molecular flexibility index (Phi) is 63.3. The Hall–Kier alpha value is -6.04. The molecule has 15 rings (SSSR count). The summed E-state index contributed by atoms with van der Waals surface area (Å²) in [6.45, 7) is 7.74. The molecule has 0 fully saturated rings. The van der Waals surface area contributed by atoms with Crippen molar-refractivity contribution in [2.24, 2.45) is 10.2 Å². The molecule has 0 unspecified atom stereocenters. The third-order valence-corrected chi connectivity index (χ3v) is 25.4. The van der Waals surface area contributed by atoms with Gasteiger partial charge in [-0.05, 0) is 155 Å². The number of carboxylic acids is 1. The number of nitrogens with zero attached hydrogens (tertiary/aromatic N) is 11. The Morgan fingerprint density at radius 2 is 0.705 bits per heavy atom. The number of thiol groups is 1. The summed E-state index contributed by atoms with van der Waals surface area (Å²) in [5.74, 6) is 1.42. The van der Waals surface area contributed by atoms with Gasteiger partial charge in [0.2, 0.25) is 0 Å². The van der Waals surface area contributed by atoms with Gasteiger partial charge in [0, 0.05) is 80.0 Å². The standard InChI is InChI=1S/C18H14Br2Cl2N4O3.C16H12Br2Cl2N4O3.C15H9Br2Cl2N3O2.C15H10BrCl2N3O2.C14H7Br2Cl2N3O2.C4H9NO2.CH2Cl2.2CH4O.BHNS.ClH.Na.H2O/c1-2-28-5-6-29-25-18(27)11-9-26-14(20)8-23-17(26)15(22)16(11)24-13-4-3-10(19)7-12(13)21;17-8-1-2-11(10(19)5-8)22-14-9(16(26)23-27-4-3-25)7-24-12(18)6-21-15(24)13(14)20;1-24-15(23)8-6-22-11(17)5-20-14(22)12(19)13(8)21-10-3-2-7(16)4-9(10)18;1-23-15(22)9-7-21-5-4-19-14(21)12(18)13(9)20-11-3-2-8(16)6-10(11)17;15-6-1-2-9(8(17)3-6)20-12-7(14(22)23)5-21-10(16)4-19-13(21)11(12)18;1-2-6-3-4-7-5;2-1-3;2*1-2;1-2-3;;;/h2-4,7-9,24H,1,5-6H2,(H,25,27);1-2,5-7,22,25H,3-4H2,(H,23,26);2-6,21H,1H3;2-7,20H,1H3;1-5,20H,(H,22,23);2H,1,3-5H2;1H2;2*2H,1H3;3H;1H;;1H2/q;;;;;;;;;;;+1;/p-1. The summed E-state index contributed by atoms with van der Waals surface area (Å²) in [6.07, 6.45) is 20.0. The second-order valence-electron chi connectivity index (χ2n) is 25.9. The molecule has 14 N–H and O–H groups in total. The third kappa shape index (κ3) is 38.0. The number of benzene rings is 5. The molecule has 0 aliphatic rings. The number of carbonyl (C=O) groups excluding carboxylic acids is 4. The van der Waals surface area contributed by atoms with Crippen LogP contribution >= 0.6 is 308 Å². The van der Waals surface area contributed by atoms with Gasteiger partial charge in [0.05, 0.1) is 163 Å². The van der Waals surface area contributed by atoms with Crippen LogP contribution in [-0.2, 0) is 33.5 Å². The van der Waals surface area contributed by atoms with E-state index in [0.29, 0.717) is 141 Å². The number of pyridine rings is 5. The van der Waals surface area contributed by atoms with Crippen molar-refractivity contribution in [1.82, 2.24) is 57.9 Å². The Morgan fingerprint density at radius 3 is 0.979 bits per heavy atom. The minimum atomic E-state index is -1.12. The summed E-state index contributed by atoms with van der Waals surface area (Å²) in [4.78, 5) is 96.6. The minimum absolute atomic E-state index is 0. The van der Waals surface area contributed by atoms with Crippen LogP contribution in [0.25, 0.3) is 28.2 Å². The molecule has 5 aromatic carbocycles. The molecule has 0 atom stereocenters. The number of halogens is 22. The van der Waals surface area contributed by atoms with E-state index in [1.165, 1.54) is 32.9 Å². The molecule has 0 saturated carbocycles. The molecule has 10 heterocycles. The first-order valence-corrected chi connectivity index (χ1v) is 51.1. The second kappa shape index (κ2) is 68.9. The Bertz CT molecular complexity index is 6960. The van der Waals surface area contributed by atoms with Crippen LogP contribution in [0.3, 0.4) is 0 Å². The summed E-state index contributed by atoms with van der Waals surface area (Å²) < 4.78 is 36.7. The number of hydrogen-bond donors (Lipinski definition) is 13. The van der Waals surface area contributed by atoms with Crippen LogP contribution < -0.4 is 73.0 Å². The van der Waals surface area contributed by atoms with Crippen molar-refractivity contribution in [3.63, 3.8) is 0 Å². The number of aromatic nitrogens is 10. The summed E-state index contributed by atoms with van der Waals surface area (Å²) in [7, 11) is 8.95. The van der Waals surface area contributed by atoms with Gasteiger partial charge in [-0.3, -0.25) is 36.9 Å². The monoisotopic (exact) mass is 2860 g/mol. The number of nitrogens with one attached hydrogen (secondary N) is 7. The number of esters is 2. The van der Waals surface area contributed by atoms with Crippen LogP contribution in [0, 0.1) is 0 Å². The largest absolute Gasteiger partial charge is 1.00 e. The molecule has 146 heavy (non-hydrogen) atoms. The number of rotatable bonds is 27. The van der Waals surface area contributed by atoms with Gasteiger partial charge >= 0.3 is 72.2 Å². The molecule has 775 valence electrons. The smallest absolute Gasteiger partial charge is 0.870 e. The van der Waals surface area contributed by atoms with Crippen molar-refractivity contribution in [2.75, 3.05) is 100 Å². The van der Waals surface area contributed by atoms with Gasteiger partial charge < -0.3 is 80.7 Å².